The number of carbonyl (C=O) groups excluding carboxylic acids is 1. The van der Waals surface area contributed by atoms with Crippen LogP contribution >= 0.6 is 0 Å². The fraction of sp³-hybridized carbons (Fsp3) is 0.579. The molecule has 2 saturated heterocycles. The lowest BCUT2D eigenvalue weighted by atomic mass is 9.74. The molecule has 0 aliphatic carbocycles. The fourth-order valence-corrected chi connectivity index (χ4v) is 3.93. The number of ether oxygens (including phenoxy) is 2. The second-order valence-corrected chi connectivity index (χ2v) is 7.14. The van der Waals surface area contributed by atoms with E-state index in [1.165, 1.54) is 0 Å². The van der Waals surface area contributed by atoms with Gasteiger partial charge >= 0.3 is 5.97 Å². The minimum atomic E-state index is -0.836. The molecule has 0 aromatic heterocycles. The second-order valence-electron chi connectivity index (χ2n) is 7.14. The van der Waals surface area contributed by atoms with Gasteiger partial charge in [0.15, 0.2) is 0 Å². The zero-order valence-corrected chi connectivity index (χ0v) is 14.7. The maximum absolute atomic E-state index is 12.7. The molecule has 3 rings (SSSR count). The lowest BCUT2D eigenvalue weighted by Gasteiger charge is -2.33. The van der Waals surface area contributed by atoms with E-state index >= 15 is 0 Å². The summed E-state index contributed by atoms with van der Waals surface area (Å²) in [6.07, 6.45) is 0.848. The molecule has 1 aromatic rings. The summed E-state index contributed by atoms with van der Waals surface area (Å²) in [4.78, 5) is 26.3. The van der Waals surface area contributed by atoms with E-state index in [0.29, 0.717) is 39.1 Å². The Hall–Kier alpha value is -2.08. The van der Waals surface area contributed by atoms with E-state index in [-0.39, 0.29) is 17.7 Å². The number of amides is 1. The SMILES string of the molecule is COc1ccc(C(C)CC(=O)N2C[C@H]3COCC[C@@]3(C(=O)O)C2)cc1. The number of hydrogen-bond donors (Lipinski definition) is 1. The van der Waals surface area contributed by atoms with E-state index in [4.69, 9.17) is 9.47 Å². The minimum Gasteiger partial charge on any atom is -0.497 e. The van der Waals surface area contributed by atoms with Crippen LogP contribution in [0.15, 0.2) is 24.3 Å². The van der Waals surface area contributed by atoms with Gasteiger partial charge < -0.3 is 19.5 Å². The fourth-order valence-electron chi connectivity index (χ4n) is 3.93. The van der Waals surface area contributed by atoms with E-state index in [0.717, 1.165) is 11.3 Å². The number of hydrogen-bond acceptors (Lipinski definition) is 4. The number of rotatable bonds is 5. The maximum atomic E-state index is 12.7. The van der Waals surface area contributed by atoms with Crippen LogP contribution in [-0.4, -0.2) is 55.3 Å². The number of benzene rings is 1. The van der Waals surface area contributed by atoms with Crippen LogP contribution in [-0.2, 0) is 14.3 Å². The molecule has 0 saturated carbocycles. The lowest BCUT2D eigenvalue weighted by molar-refractivity contribution is -0.157. The highest BCUT2D eigenvalue weighted by atomic mass is 16.5. The number of nitrogens with zero attached hydrogens (tertiary/aromatic N) is 1. The smallest absolute Gasteiger partial charge is 0.311 e. The number of carboxylic acids is 1. The van der Waals surface area contributed by atoms with Crippen molar-refractivity contribution < 1.29 is 24.2 Å². The molecule has 0 bridgehead atoms. The molecule has 2 fully saturated rings. The molecule has 2 aliphatic rings. The third-order valence-electron chi connectivity index (χ3n) is 5.65. The van der Waals surface area contributed by atoms with Gasteiger partial charge in [0.1, 0.15) is 5.75 Å². The highest BCUT2D eigenvalue weighted by molar-refractivity contribution is 5.81. The molecular weight excluding hydrogens is 322 g/mol. The zero-order valence-electron chi connectivity index (χ0n) is 14.7. The van der Waals surface area contributed by atoms with Crippen molar-refractivity contribution in [1.29, 1.82) is 0 Å². The largest absolute Gasteiger partial charge is 0.497 e. The summed E-state index contributed by atoms with van der Waals surface area (Å²) in [5.41, 5.74) is 0.235. The Morgan fingerprint density at radius 2 is 2.12 bits per heavy atom. The first kappa shape index (κ1) is 17.7. The molecule has 3 atom stereocenters. The van der Waals surface area contributed by atoms with Crippen LogP contribution in [0, 0.1) is 11.3 Å². The molecule has 136 valence electrons. The molecule has 1 amide bonds. The lowest BCUT2D eigenvalue weighted by Crippen LogP contribution is -2.45. The van der Waals surface area contributed by atoms with E-state index in [1.807, 2.05) is 31.2 Å². The highest BCUT2D eigenvalue weighted by Gasteiger charge is 2.54. The van der Waals surface area contributed by atoms with Gasteiger partial charge in [-0.1, -0.05) is 19.1 Å². The Balaban J connectivity index is 1.66. The van der Waals surface area contributed by atoms with Crippen LogP contribution in [0.1, 0.15) is 31.2 Å². The molecule has 25 heavy (non-hydrogen) atoms. The predicted molar refractivity (Wildman–Crippen MR) is 91.6 cm³/mol. The van der Waals surface area contributed by atoms with Gasteiger partial charge in [-0.2, -0.15) is 0 Å². The van der Waals surface area contributed by atoms with Crippen molar-refractivity contribution in [2.24, 2.45) is 11.3 Å². The highest BCUT2D eigenvalue weighted by Crippen LogP contribution is 2.43. The van der Waals surface area contributed by atoms with E-state index in [9.17, 15) is 14.7 Å². The first-order valence-electron chi connectivity index (χ1n) is 8.69. The molecule has 1 aromatic carbocycles. The second kappa shape index (κ2) is 7.04. The van der Waals surface area contributed by atoms with Crippen LogP contribution in [0.5, 0.6) is 5.75 Å². The normalized spacial score (nSPS) is 26.8. The standard InChI is InChI=1S/C19H25NO5/c1-13(14-3-5-16(24-2)6-4-14)9-17(21)20-10-15-11-25-8-7-19(15,12-20)18(22)23/h3-6,13,15H,7-12H2,1-2H3,(H,22,23)/t13?,15-,19+/m0/s1. The molecular formula is C19H25NO5. The number of fused-ring (bicyclic) bond motifs is 1. The third-order valence-corrected chi connectivity index (χ3v) is 5.65. The first-order valence-corrected chi connectivity index (χ1v) is 8.69. The van der Waals surface area contributed by atoms with Crippen LogP contribution in [0.25, 0.3) is 0 Å². The summed E-state index contributed by atoms with van der Waals surface area (Å²) >= 11 is 0. The number of likely N-dealkylation sites (tertiary alicyclic amines) is 1. The van der Waals surface area contributed by atoms with E-state index < -0.39 is 11.4 Å². The van der Waals surface area contributed by atoms with E-state index in [2.05, 4.69) is 0 Å². The summed E-state index contributed by atoms with van der Waals surface area (Å²) in [6, 6.07) is 7.70. The van der Waals surface area contributed by atoms with Crippen molar-refractivity contribution in [3.63, 3.8) is 0 Å². The van der Waals surface area contributed by atoms with Crippen molar-refractivity contribution in [2.75, 3.05) is 33.4 Å². The predicted octanol–water partition coefficient (Wildman–Crippen LogP) is 2.14. The van der Waals surface area contributed by atoms with Crippen molar-refractivity contribution in [2.45, 2.75) is 25.7 Å². The summed E-state index contributed by atoms with van der Waals surface area (Å²) in [6.45, 7) is 3.65. The summed E-state index contributed by atoms with van der Waals surface area (Å²) in [5.74, 6) is -0.0519. The van der Waals surface area contributed by atoms with E-state index in [1.54, 1.807) is 12.0 Å². The molecule has 2 aliphatic heterocycles. The van der Waals surface area contributed by atoms with Gasteiger partial charge in [0.2, 0.25) is 5.91 Å². The molecule has 6 heteroatoms. The molecule has 0 radical (unpaired) electrons. The quantitative estimate of drug-likeness (QED) is 0.883. The van der Waals surface area contributed by atoms with Gasteiger partial charge in [-0.25, -0.2) is 0 Å². The monoisotopic (exact) mass is 347 g/mol. The average molecular weight is 347 g/mol. The summed E-state index contributed by atoms with van der Waals surface area (Å²) in [7, 11) is 1.62. The maximum Gasteiger partial charge on any atom is 0.311 e. The topological polar surface area (TPSA) is 76.1 Å². The van der Waals surface area contributed by atoms with Gasteiger partial charge in [0, 0.05) is 32.0 Å². The Bertz CT molecular complexity index is 644. The van der Waals surface area contributed by atoms with Crippen LogP contribution < -0.4 is 4.74 Å². The minimum absolute atomic E-state index is 0.0124. The first-order chi connectivity index (χ1) is 12.0. The average Bonchev–Trinajstić information content (AvgIpc) is 3.03. The number of methoxy groups -OCH3 is 1. The Morgan fingerprint density at radius 1 is 1.40 bits per heavy atom. The van der Waals surface area contributed by atoms with Crippen LogP contribution in [0.3, 0.4) is 0 Å². The summed E-state index contributed by atoms with van der Waals surface area (Å²) < 4.78 is 10.6. The van der Waals surface area contributed by atoms with Crippen LogP contribution in [0.4, 0.5) is 0 Å². The molecule has 1 unspecified atom stereocenters. The van der Waals surface area contributed by atoms with Crippen LogP contribution in [0.2, 0.25) is 0 Å². The Labute approximate surface area is 147 Å². The van der Waals surface area contributed by atoms with Gasteiger partial charge in [-0.15, -0.1) is 0 Å². The number of carboxylic acid groups (broad SMARTS) is 1. The molecule has 0 spiro atoms. The summed E-state index contributed by atoms with van der Waals surface area (Å²) in [5, 5.41) is 9.70. The van der Waals surface area contributed by atoms with Gasteiger partial charge in [0.25, 0.3) is 0 Å². The van der Waals surface area contributed by atoms with Crippen molar-refractivity contribution in [1.82, 2.24) is 4.90 Å². The number of carbonyl (C=O) groups is 2. The van der Waals surface area contributed by atoms with Crippen molar-refractivity contribution >= 4 is 11.9 Å². The van der Waals surface area contributed by atoms with Gasteiger partial charge in [0.05, 0.1) is 19.1 Å². The van der Waals surface area contributed by atoms with Crippen molar-refractivity contribution in [3.05, 3.63) is 29.8 Å². The zero-order chi connectivity index (χ0) is 18.0. The Kier molecular flexibility index (Phi) is 4.99. The van der Waals surface area contributed by atoms with Crippen molar-refractivity contribution in [3.8, 4) is 5.75 Å². The van der Waals surface area contributed by atoms with Gasteiger partial charge in [-0.3, -0.25) is 9.59 Å². The molecule has 6 nitrogen and oxygen atoms in total. The Morgan fingerprint density at radius 3 is 2.72 bits per heavy atom. The third kappa shape index (κ3) is 3.35. The molecule has 1 N–H and O–H groups in total. The van der Waals surface area contributed by atoms with Gasteiger partial charge in [-0.05, 0) is 30.0 Å². The molecule has 2 heterocycles. The number of aliphatic carboxylic acids is 1.